The molecule has 0 aliphatic carbocycles. The molecule has 94 valence electrons. The van der Waals surface area contributed by atoms with E-state index in [2.05, 4.69) is 26.1 Å². The molecule has 0 unspecified atom stereocenters. The van der Waals surface area contributed by atoms with Crippen LogP contribution in [0.4, 0.5) is 0 Å². The molecule has 0 amide bonds. The minimum Gasteiger partial charge on any atom is -0.481 e. The number of aromatic nitrogens is 2. The van der Waals surface area contributed by atoms with Gasteiger partial charge >= 0.3 is 5.97 Å². The highest BCUT2D eigenvalue weighted by Gasteiger charge is 2.14. The Hall–Kier alpha value is -1.05. The zero-order valence-corrected chi connectivity index (χ0v) is 11.9. The zero-order chi connectivity index (χ0) is 13.1. The lowest BCUT2D eigenvalue weighted by Gasteiger charge is -2.00. The molecule has 0 atom stereocenters. The maximum absolute atomic E-state index is 10.4. The molecule has 0 saturated carbocycles. The molecule has 2 aromatic rings. The second kappa shape index (κ2) is 5.73. The molecule has 0 aliphatic heterocycles. The van der Waals surface area contributed by atoms with Crippen molar-refractivity contribution in [1.29, 1.82) is 0 Å². The van der Waals surface area contributed by atoms with Gasteiger partial charge in [-0.3, -0.25) is 4.79 Å². The topological polar surface area (TPSA) is 76.2 Å². The highest BCUT2D eigenvalue weighted by molar-refractivity contribution is 9.10. The van der Waals surface area contributed by atoms with Gasteiger partial charge in [0.25, 0.3) is 5.22 Å². The molecule has 0 fully saturated rings. The molecule has 1 N–H and O–H groups in total. The molecule has 0 saturated heterocycles. The molecule has 5 nitrogen and oxygen atoms in total. The summed E-state index contributed by atoms with van der Waals surface area (Å²) in [6.07, 6.45) is 0. The minimum atomic E-state index is -0.944. The van der Waals surface area contributed by atoms with E-state index >= 15 is 0 Å². The van der Waals surface area contributed by atoms with Crippen LogP contribution in [-0.4, -0.2) is 27.0 Å². The third kappa shape index (κ3) is 3.04. The van der Waals surface area contributed by atoms with Gasteiger partial charge in [0.1, 0.15) is 5.75 Å². The third-order valence-corrected chi connectivity index (χ3v) is 4.01. The van der Waals surface area contributed by atoms with Crippen molar-refractivity contribution in [2.45, 2.75) is 5.22 Å². The average molecular weight is 350 g/mol. The van der Waals surface area contributed by atoms with Crippen molar-refractivity contribution in [2.75, 3.05) is 5.75 Å². The van der Waals surface area contributed by atoms with Gasteiger partial charge in [-0.15, -0.1) is 10.2 Å². The van der Waals surface area contributed by atoms with Gasteiger partial charge in [-0.1, -0.05) is 29.4 Å². The summed E-state index contributed by atoms with van der Waals surface area (Å²) < 4.78 is 6.05. The Morgan fingerprint density at radius 1 is 1.50 bits per heavy atom. The number of rotatable bonds is 4. The zero-order valence-electron chi connectivity index (χ0n) is 8.76. The number of aliphatic carboxylic acids is 1. The number of hydrogen-bond donors (Lipinski definition) is 1. The van der Waals surface area contributed by atoms with Crippen molar-refractivity contribution in [3.63, 3.8) is 0 Å². The van der Waals surface area contributed by atoms with Crippen LogP contribution in [0.25, 0.3) is 11.5 Å². The van der Waals surface area contributed by atoms with Crippen molar-refractivity contribution >= 4 is 45.3 Å². The van der Waals surface area contributed by atoms with Crippen molar-refractivity contribution < 1.29 is 14.3 Å². The van der Waals surface area contributed by atoms with E-state index in [-0.39, 0.29) is 16.9 Å². The number of carboxylic acid groups (broad SMARTS) is 1. The first-order chi connectivity index (χ1) is 8.58. The summed E-state index contributed by atoms with van der Waals surface area (Å²) in [4.78, 5) is 10.4. The van der Waals surface area contributed by atoms with Crippen LogP contribution >= 0.6 is 39.3 Å². The van der Waals surface area contributed by atoms with E-state index in [1.165, 1.54) is 0 Å². The van der Waals surface area contributed by atoms with E-state index in [1.807, 2.05) is 0 Å². The lowest BCUT2D eigenvalue weighted by molar-refractivity contribution is -0.133. The van der Waals surface area contributed by atoms with Crippen LogP contribution < -0.4 is 0 Å². The maximum atomic E-state index is 10.4. The minimum absolute atomic E-state index is 0.131. The predicted octanol–water partition coefficient (Wildman–Crippen LogP) is 3.33. The van der Waals surface area contributed by atoms with Gasteiger partial charge in [0.2, 0.25) is 5.89 Å². The van der Waals surface area contributed by atoms with E-state index in [9.17, 15) is 4.79 Å². The molecule has 8 heteroatoms. The Balaban J connectivity index is 2.24. The Morgan fingerprint density at radius 2 is 2.28 bits per heavy atom. The van der Waals surface area contributed by atoms with Crippen LogP contribution in [0, 0.1) is 0 Å². The van der Waals surface area contributed by atoms with Crippen molar-refractivity contribution in [3.8, 4) is 11.5 Å². The summed E-state index contributed by atoms with van der Waals surface area (Å²) in [6, 6.07) is 5.33. The van der Waals surface area contributed by atoms with Crippen molar-refractivity contribution in [2.24, 2.45) is 0 Å². The Bertz CT molecular complexity index is 590. The van der Waals surface area contributed by atoms with Crippen LogP contribution in [0.2, 0.25) is 5.02 Å². The fourth-order valence-electron chi connectivity index (χ4n) is 1.17. The number of carbonyl (C=O) groups is 1. The van der Waals surface area contributed by atoms with Gasteiger partial charge in [0.15, 0.2) is 0 Å². The number of benzene rings is 1. The monoisotopic (exact) mass is 348 g/mol. The van der Waals surface area contributed by atoms with Gasteiger partial charge in [0.05, 0.1) is 10.6 Å². The molecule has 0 bridgehead atoms. The molecule has 1 aromatic carbocycles. The molecule has 1 heterocycles. The van der Waals surface area contributed by atoms with Crippen molar-refractivity contribution in [1.82, 2.24) is 10.2 Å². The number of hydrogen-bond acceptors (Lipinski definition) is 5. The molecule has 0 aliphatic rings. The van der Waals surface area contributed by atoms with E-state index in [0.717, 1.165) is 16.2 Å². The molecule has 1 aromatic heterocycles. The molecular weight excluding hydrogens is 344 g/mol. The summed E-state index contributed by atoms with van der Waals surface area (Å²) in [5.41, 5.74) is 0.598. The Morgan fingerprint density at radius 3 is 3.00 bits per heavy atom. The Labute approximate surface area is 120 Å². The second-order valence-corrected chi connectivity index (χ2v) is 5.32. The number of carboxylic acids is 1. The highest BCUT2D eigenvalue weighted by atomic mass is 79.9. The van der Waals surface area contributed by atoms with Gasteiger partial charge in [-0.2, -0.15) is 0 Å². The Kier molecular flexibility index (Phi) is 4.26. The van der Waals surface area contributed by atoms with Gasteiger partial charge in [-0.25, -0.2) is 0 Å². The standard InChI is InChI=1S/C10H6BrClN2O3S/c11-6-3-1-2-5(8(6)12)9-13-14-10(17-9)18-4-7(15)16/h1-3H,4H2,(H,15,16). The summed E-state index contributed by atoms with van der Waals surface area (Å²) in [5, 5.41) is 16.8. The third-order valence-electron chi connectivity index (χ3n) is 1.91. The van der Waals surface area contributed by atoms with Crippen molar-refractivity contribution in [3.05, 3.63) is 27.7 Å². The molecular formula is C10H6BrClN2O3S. The quantitative estimate of drug-likeness (QED) is 0.853. The van der Waals surface area contributed by atoms with E-state index < -0.39 is 5.97 Å². The summed E-state index contributed by atoms with van der Waals surface area (Å²) >= 11 is 10.3. The summed E-state index contributed by atoms with van der Waals surface area (Å²) in [6.45, 7) is 0. The lowest BCUT2D eigenvalue weighted by atomic mass is 10.2. The number of thioether (sulfide) groups is 1. The summed E-state index contributed by atoms with van der Waals surface area (Å²) in [7, 11) is 0. The highest BCUT2D eigenvalue weighted by Crippen LogP contribution is 2.33. The van der Waals surface area contributed by atoms with Crippen LogP contribution in [0.5, 0.6) is 0 Å². The summed E-state index contributed by atoms with van der Waals surface area (Å²) in [5.74, 6) is -0.817. The maximum Gasteiger partial charge on any atom is 0.314 e. The van der Waals surface area contributed by atoms with Gasteiger partial charge in [-0.05, 0) is 28.1 Å². The first-order valence-corrected chi connectivity index (χ1v) is 6.86. The van der Waals surface area contributed by atoms with Crippen LogP contribution in [0.1, 0.15) is 0 Å². The van der Waals surface area contributed by atoms with E-state index in [1.54, 1.807) is 18.2 Å². The predicted molar refractivity (Wildman–Crippen MR) is 70.8 cm³/mol. The van der Waals surface area contributed by atoms with Gasteiger partial charge in [0, 0.05) is 4.47 Å². The fourth-order valence-corrected chi connectivity index (χ4v) is 2.23. The first kappa shape index (κ1) is 13.4. The molecule has 0 spiro atoms. The van der Waals surface area contributed by atoms with E-state index in [0.29, 0.717) is 10.6 Å². The van der Waals surface area contributed by atoms with Crippen LogP contribution in [-0.2, 0) is 4.79 Å². The normalized spacial score (nSPS) is 10.6. The smallest absolute Gasteiger partial charge is 0.314 e. The second-order valence-electron chi connectivity index (χ2n) is 3.16. The van der Waals surface area contributed by atoms with Crippen LogP contribution in [0.15, 0.2) is 32.3 Å². The lowest BCUT2D eigenvalue weighted by Crippen LogP contribution is -1.97. The number of nitrogens with zero attached hydrogens (tertiary/aromatic N) is 2. The molecule has 18 heavy (non-hydrogen) atoms. The molecule has 0 radical (unpaired) electrons. The van der Waals surface area contributed by atoms with E-state index in [4.69, 9.17) is 21.1 Å². The molecule has 2 rings (SSSR count). The fraction of sp³-hybridized carbons (Fsp3) is 0.100. The van der Waals surface area contributed by atoms with Crippen LogP contribution in [0.3, 0.4) is 0 Å². The SMILES string of the molecule is O=C(O)CSc1nnc(-c2cccc(Br)c2Cl)o1. The first-order valence-electron chi connectivity index (χ1n) is 4.70. The number of halogens is 2. The average Bonchev–Trinajstić information content (AvgIpc) is 2.78. The van der Waals surface area contributed by atoms with Gasteiger partial charge < -0.3 is 9.52 Å². The largest absolute Gasteiger partial charge is 0.481 e.